The average Bonchev–Trinajstić information content (AvgIpc) is 3.11. The molecule has 0 bridgehead atoms. The Balaban J connectivity index is 2.00. The van der Waals surface area contributed by atoms with Gasteiger partial charge >= 0.3 is 0 Å². The van der Waals surface area contributed by atoms with Gasteiger partial charge in [-0.1, -0.05) is 17.7 Å². The van der Waals surface area contributed by atoms with Crippen molar-refractivity contribution in [2.24, 2.45) is 5.73 Å². The van der Waals surface area contributed by atoms with Crippen LogP contribution in [0.4, 0.5) is 0 Å². The van der Waals surface area contributed by atoms with Crippen LogP contribution in [0, 0.1) is 6.92 Å². The minimum absolute atomic E-state index is 0.349. The highest BCUT2D eigenvalue weighted by Crippen LogP contribution is 2.35. The van der Waals surface area contributed by atoms with E-state index in [9.17, 15) is 4.79 Å². The molecule has 0 aliphatic heterocycles. The van der Waals surface area contributed by atoms with Crippen LogP contribution in [-0.4, -0.2) is 25.9 Å². The largest absolute Gasteiger partial charge is 0.364 e. The number of aromatic amines is 1. The molecule has 1 aromatic carbocycles. The summed E-state index contributed by atoms with van der Waals surface area (Å²) >= 11 is 0. The number of hydrogen-bond acceptors (Lipinski definition) is 3. The summed E-state index contributed by atoms with van der Waals surface area (Å²) in [5, 5.41) is 11.6. The maximum atomic E-state index is 11.7. The lowest BCUT2D eigenvalue weighted by atomic mass is 9.93. The summed E-state index contributed by atoms with van der Waals surface area (Å²) in [6.45, 7) is 2.03. The number of primary amides is 1. The molecule has 0 radical (unpaired) electrons. The molecule has 1 amide bonds. The molecule has 22 heavy (non-hydrogen) atoms. The summed E-state index contributed by atoms with van der Waals surface area (Å²) < 4.78 is 1.79. The predicted molar refractivity (Wildman–Crippen MR) is 81.8 cm³/mol. The van der Waals surface area contributed by atoms with Gasteiger partial charge in [0.05, 0.1) is 17.6 Å². The van der Waals surface area contributed by atoms with Crippen LogP contribution in [0.5, 0.6) is 0 Å². The van der Waals surface area contributed by atoms with Crippen LogP contribution >= 0.6 is 0 Å². The lowest BCUT2D eigenvalue weighted by Gasteiger charge is -2.14. The number of benzene rings is 1. The van der Waals surface area contributed by atoms with E-state index in [0.29, 0.717) is 5.69 Å². The first-order valence-corrected chi connectivity index (χ1v) is 7.16. The van der Waals surface area contributed by atoms with Crippen LogP contribution in [-0.2, 0) is 12.8 Å². The maximum Gasteiger partial charge on any atom is 0.269 e. The third-order valence-corrected chi connectivity index (χ3v) is 4.09. The van der Waals surface area contributed by atoms with Crippen LogP contribution in [0.25, 0.3) is 16.9 Å². The van der Waals surface area contributed by atoms with Crippen LogP contribution in [0.3, 0.4) is 0 Å². The van der Waals surface area contributed by atoms with E-state index in [2.05, 4.69) is 15.3 Å². The van der Waals surface area contributed by atoms with Crippen LogP contribution in [0.2, 0.25) is 0 Å². The Hall–Kier alpha value is -2.89. The third-order valence-electron chi connectivity index (χ3n) is 4.09. The Bertz CT molecular complexity index is 873. The second kappa shape index (κ2) is 4.56. The quantitative estimate of drug-likeness (QED) is 0.754. The number of nitrogens with zero attached hydrogens (tertiary/aromatic N) is 3. The van der Waals surface area contributed by atoms with Gasteiger partial charge in [0.1, 0.15) is 0 Å². The topological polar surface area (TPSA) is 89.6 Å². The van der Waals surface area contributed by atoms with Crippen LogP contribution < -0.4 is 5.73 Å². The smallest absolute Gasteiger partial charge is 0.269 e. The number of hydrogen-bond donors (Lipinski definition) is 2. The third kappa shape index (κ3) is 1.77. The minimum atomic E-state index is -0.492. The van der Waals surface area contributed by atoms with Crippen LogP contribution in [0.15, 0.2) is 30.5 Å². The summed E-state index contributed by atoms with van der Waals surface area (Å²) in [5.74, 6) is -0.492. The number of carbonyl (C=O) groups is 1. The number of aryl methyl sites for hydroxylation is 2. The fourth-order valence-electron chi connectivity index (χ4n) is 2.99. The van der Waals surface area contributed by atoms with E-state index >= 15 is 0 Å². The summed E-state index contributed by atoms with van der Waals surface area (Å²) in [6.07, 6.45) is 3.32. The van der Waals surface area contributed by atoms with E-state index in [1.807, 2.05) is 31.2 Å². The van der Waals surface area contributed by atoms with Gasteiger partial charge in [0.15, 0.2) is 5.69 Å². The van der Waals surface area contributed by atoms with Gasteiger partial charge in [-0.15, -0.1) is 0 Å². The molecule has 2 heterocycles. The summed E-state index contributed by atoms with van der Waals surface area (Å²) in [7, 11) is 0. The Labute approximate surface area is 127 Å². The van der Waals surface area contributed by atoms with E-state index in [1.54, 1.807) is 10.9 Å². The Kier molecular flexibility index (Phi) is 2.66. The van der Waals surface area contributed by atoms with Crippen molar-refractivity contribution in [1.82, 2.24) is 20.0 Å². The highest BCUT2D eigenvalue weighted by Gasteiger charge is 2.28. The molecule has 0 saturated heterocycles. The minimum Gasteiger partial charge on any atom is -0.364 e. The van der Waals surface area contributed by atoms with Gasteiger partial charge in [-0.05, 0) is 31.9 Å². The maximum absolute atomic E-state index is 11.7. The molecule has 4 rings (SSSR count). The van der Waals surface area contributed by atoms with Gasteiger partial charge in [0, 0.05) is 16.8 Å². The fourth-order valence-corrected chi connectivity index (χ4v) is 2.99. The van der Waals surface area contributed by atoms with Crippen molar-refractivity contribution in [1.29, 1.82) is 0 Å². The number of fused-ring (bicyclic) bond motifs is 3. The lowest BCUT2D eigenvalue weighted by Crippen LogP contribution is -2.15. The Morgan fingerprint density at radius 1 is 1.27 bits per heavy atom. The molecule has 0 spiro atoms. The first kappa shape index (κ1) is 12.8. The number of H-pyrrole nitrogens is 1. The molecule has 0 fully saturated rings. The standard InChI is InChI=1S/C16H15N5O/c1-9-2-4-10(5-3-9)21-15-11(14(20-21)16(17)22)6-7-13-12(15)8-18-19-13/h2-5,8H,6-7H2,1H3,(H2,17,22)(H,18,19). The molecule has 0 unspecified atom stereocenters. The second-order valence-corrected chi connectivity index (χ2v) is 5.55. The second-order valence-electron chi connectivity index (χ2n) is 5.55. The van der Waals surface area contributed by atoms with E-state index in [1.165, 1.54) is 5.56 Å². The van der Waals surface area contributed by atoms with E-state index in [0.717, 1.165) is 41.0 Å². The van der Waals surface area contributed by atoms with Crippen molar-refractivity contribution < 1.29 is 4.79 Å². The summed E-state index contributed by atoms with van der Waals surface area (Å²) in [6, 6.07) is 8.02. The molecule has 0 saturated carbocycles. The van der Waals surface area contributed by atoms with E-state index in [4.69, 9.17) is 5.73 Å². The zero-order valence-electron chi connectivity index (χ0n) is 12.1. The van der Waals surface area contributed by atoms with E-state index in [-0.39, 0.29) is 0 Å². The molecule has 1 aliphatic rings. The zero-order valence-corrected chi connectivity index (χ0v) is 12.1. The first-order chi connectivity index (χ1) is 10.6. The summed E-state index contributed by atoms with van der Waals surface area (Å²) in [4.78, 5) is 11.7. The van der Waals surface area contributed by atoms with Gasteiger partial charge in [0.2, 0.25) is 0 Å². The highest BCUT2D eigenvalue weighted by atomic mass is 16.1. The van der Waals surface area contributed by atoms with Gasteiger partial charge in [-0.3, -0.25) is 9.89 Å². The number of carbonyl (C=O) groups excluding carboxylic acids is 1. The number of nitrogens with two attached hydrogens (primary N) is 1. The van der Waals surface area contributed by atoms with Gasteiger partial charge in [0.25, 0.3) is 5.91 Å². The molecule has 6 nitrogen and oxygen atoms in total. The van der Waals surface area contributed by atoms with E-state index < -0.39 is 5.91 Å². The molecule has 2 aromatic heterocycles. The molecular weight excluding hydrogens is 278 g/mol. The van der Waals surface area contributed by atoms with Crippen LogP contribution in [0.1, 0.15) is 27.3 Å². The number of rotatable bonds is 2. The molecule has 1 aliphatic carbocycles. The Morgan fingerprint density at radius 3 is 2.77 bits per heavy atom. The molecule has 3 aromatic rings. The molecule has 6 heteroatoms. The predicted octanol–water partition coefficient (Wildman–Crippen LogP) is 1.77. The highest BCUT2D eigenvalue weighted by molar-refractivity contribution is 5.95. The number of aromatic nitrogens is 4. The van der Waals surface area contributed by atoms with Gasteiger partial charge < -0.3 is 5.73 Å². The average molecular weight is 293 g/mol. The Morgan fingerprint density at radius 2 is 2.05 bits per heavy atom. The monoisotopic (exact) mass is 293 g/mol. The lowest BCUT2D eigenvalue weighted by molar-refractivity contribution is 0.0994. The number of amides is 1. The fraction of sp³-hybridized carbons (Fsp3) is 0.188. The van der Waals surface area contributed by atoms with Crippen molar-refractivity contribution >= 4 is 5.91 Å². The van der Waals surface area contributed by atoms with Crippen molar-refractivity contribution in [2.75, 3.05) is 0 Å². The van der Waals surface area contributed by atoms with Crippen molar-refractivity contribution in [3.05, 3.63) is 53.0 Å². The normalized spacial score (nSPS) is 12.8. The SMILES string of the molecule is Cc1ccc(-n2nc(C(N)=O)c3c2-c2cn[nH]c2CC3)cc1. The zero-order chi connectivity index (χ0) is 15.3. The van der Waals surface area contributed by atoms with Crippen molar-refractivity contribution in [3.8, 4) is 16.9 Å². The molecular formula is C16H15N5O. The molecule has 0 atom stereocenters. The molecule has 3 N–H and O–H groups in total. The van der Waals surface area contributed by atoms with Crippen molar-refractivity contribution in [3.63, 3.8) is 0 Å². The van der Waals surface area contributed by atoms with Gasteiger partial charge in [-0.2, -0.15) is 10.2 Å². The number of nitrogens with one attached hydrogen (secondary N) is 1. The van der Waals surface area contributed by atoms with Crippen molar-refractivity contribution in [2.45, 2.75) is 19.8 Å². The summed E-state index contributed by atoms with van der Waals surface area (Å²) in [5.41, 5.74) is 11.8. The first-order valence-electron chi connectivity index (χ1n) is 7.16. The van der Waals surface area contributed by atoms with Gasteiger partial charge in [-0.25, -0.2) is 4.68 Å². The molecule has 110 valence electrons.